The van der Waals surface area contributed by atoms with E-state index in [-0.39, 0.29) is 22.9 Å². The molecule has 0 unspecified atom stereocenters. The van der Waals surface area contributed by atoms with Crippen LogP contribution >= 0.6 is 0 Å². The number of hydrogen-bond acceptors (Lipinski definition) is 8. The van der Waals surface area contributed by atoms with Crippen LogP contribution in [0.5, 0.6) is 0 Å². The molecule has 0 aliphatic heterocycles. The lowest BCUT2D eigenvalue weighted by Gasteiger charge is -2.26. The third-order valence-corrected chi connectivity index (χ3v) is 9.14. The van der Waals surface area contributed by atoms with Crippen LogP contribution in [-0.4, -0.2) is 45.3 Å². The van der Waals surface area contributed by atoms with Crippen molar-refractivity contribution in [1.82, 2.24) is 24.2 Å². The van der Waals surface area contributed by atoms with Gasteiger partial charge in [0, 0.05) is 47.2 Å². The maximum Gasteiger partial charge on any atom is 0.269 e. The quantitative estimate of drug-likeness (QED) is 0.245. The molecule has 1 amide bonds. The lowest BCUT2D eigenvalue weighted by atomic mass is 9.91. The van der Waals surface area contributed by atoms with Gasteiger partial charge in [-0.2, -0.15) is 0 Å². The van der Waals surface area contributed by atoms with Crippen LogP contribution in [0.3, 0.4) is 0 Å². The maximum absolute atomic E-state index is 13.1. The molecule has 0 saturated heterocycles. The zero-order valence-corrected chi connectivity index (χ0v) is 23.7. The van der Waals surface area contributed by atoms with E-state index in [1.165, 1.54) is 16.5 Å². The average Bonchev–Trinajstić information content (AvgIpc) is 3.43. The number of benzene rings is 2. The highest BCUT2D eigenvalue weighted by Gasteiger charge is 2.21. The number of nitrogens with two attached hydrogens (primary N) is 1. The Balaban J connectivity index is 1.16. The molecule has 214 valence electrons. The molecule has 1 aliphatic rings. The van der Waals surface area contributed by atoms with Crippen molar-refractivity contribution in [2.75, 3.05) is 5.32 Å². The second-order valence-corrected chi connectivity index (χ2v) is 12.4. The highest BCUT2D eigenvalue weighted by molar-refractivity contribution is 7.90. The van der Waals surface area contributed by atoms with Crippen molar-refractivity contribution < 1.29 is 13.2 Å². The Hall–Kier alpha value is -4.61. The minimum absolute atomic E-state index is 0.00485. The van der Waals surface area contributed by atoms with Crippen molar-refractivity contribution in [2.45, 2.75) is 49.1 Å². The average molecular weight is 582 g/mol. The fourth-order valence-corrected chi connectivity index (χ4v) is 6.59. The van der Waals surface area contributed by atoms with Crippen molar-refractivity contribution in [3.8, 4) is 11.3 Å². The molecule has 11 heteroatoms. The third-order valence-electron chi connectivity index (χ3n) is 7.46. The smallest absolute Gasteiger partial charge is 0.269 e. The van der Waals surface area contributed by atoms with E-state index in [2.05, 4.69) is 25.6 Å². The summed E-state index contributed by atoms with van der Waals surface area (Å²) in [7, 11) is -3.77. The summed E-state index contributed by atoms with van der Waals surface area (Å²) >= 11 is 0. The first-order chi connectivity index (χ1) is 20.3. The number of carbonyl (C=O) groups excluding carboxylic acids is 1. The largest absolute Gasteiger partial charge is 0.353 e. The van der Waals surface area contributed by atoms with Gasteiger partial charge in [-0.05, 0) is 67.6 Å². The minimum atomic E-state index is -3.77. The van der Waals surface area contributed by atoms with Crippen LogP contribution in [0.25, 0.3) is 22.3 Å². The molecule has 3 heterocycles. The first-order valence-corrected chi connectivity index (χ1v) is 15.3. The molecule has 0 bridgehead atoms. The summed E-state index contributed by atoms with van der Waals surface area (Å²) in [5.74, 6) is 0.578. The number of carbonyl (C=O) groups is 1. The van der Waals surface area contributed by atoms with Gasteiger partial charge in [0.2, 0.25) is 5.91 Å². The minimum Gasteiger partial charge on any atom is -0.353 e. The van der Waals surface area contributed by atoms with Crippen LogP contribution in [0.4, 0.5) is 11.5 Å². The highest BCUT2D eigenvalue weighted by atomic mass is 32.2. The SMILES string of the molecule is NC1CCC(NC(=O)Cc2cccc(Nc3cc(-c4cnc5c(ccn5S(=O)(=O)c5ccccc5)c4)ncn3)c2)CC1. The molecule has 0 radical (unpaired) electrons. The molecule has 4 N–H and O–H groups in total. The summed E-state index contributed by atoms with van der Waals surface area (Å²) in [5, 5.41) is 7.10. The Labute approximate surface area is 244 Å². The number of amides is 1. The number of fused-ring (bicyclic) bond motifs is 1. The molecule has 0 atom stereocenters. The Morgan fingerprint density at radius 2 is 1.74 bits per heavy atom. The molecular weight excluding hydrogens is 550 g/mol. The Kier molecular flexibility index (Phi) is 7.68. The van der Waals surface area contributed by atoms with Gasteiger partial charge in [0.1, 0.15) is 12.1 Å². The van der Waals surface area contributed by atoms with Crippen LogP contribution in [0.2, 0.25) is 0 Å². The van der Waals surface area contributed by atoms with Gasteiger partial charge >= 0.3 is 0 Å². The second-order valence-electron chi connectivity index (χ2n) is 10.5. The number of pyridine rings is 1. The van der Waals surface area contributed by atoms with Crippen LogP contribution in [0, 0.1) is 0 Å². The van der Waals surface area contributed by atoms with Gasteiger partial charge in [-0.3, -0.25) is 4.79 Å². The molecule has 10 nitrogen and oxygen atoms in total. The van der Waals surface area contributed by atoms with E-state index in [4.69, 9.17) is 5.73 Å². The Morgan fingerprint density at radius 3 is 2.55 bits per heavy atom. The van der Waals surface area contributed by atoms with E-state index in [1.54, 1.807) is 48.7 Å². The van der Waals surface area contributed by atoms with Crippen molar-refractivity contribution in [1.29, 1.82) is 0 Å². The molecule has 0 spiro atoms. The Bertz CT molecular complexity index is 1830. The standard InChI is InChI=1S/C31H31N7O3S/c32-24-9-11-25(12-10-24)37-30(39)16-21-5-4-6-26(15-21)36-29-18-28(34-20-35-29)23-17-22-13-14-38(31(22)33-19-23)42(40,41)27-7-2-1-3-8-27/h1-8,13-15,17-20,24-25H,9-12,16,32H2,(H,37,39)(H,34,35,36). The monoisotopic (exact) mass is 581 g/mol. The van der Waals surface area contributed by atoms with Crippen LogP contribution < -0.4 is 16.4 Å². The summed E-state index contributed by atoms with van der Waals surface area (Å²) in [6.45, 7) is 0. The number of anilines is 2. The van der Waals surface area contributed by atoms with E-state index in [1.807, 2.05) is 30.3 Å². The summed E-state index contributed by atoms with van der Waals surface area (Å²) in [6.07, 6.45) is 8.59. The molecule has 1 saturated carbocycles. The van der Waals surface area contributed by atoms with E-state index in [0.29, 0.717) is 29.0 Å². The Morgan fingerprint density at radius 1 is 0.929 bits per heavy atom. The highest BCUT2D eigenvalue weighted by Crippen LogP contribution is 2.27. The molecule has 2 aromatic carbocycles. The number of hydrogen-bond donors (Lipinski definition) is 3. The number of nitrogens with zero attached hydrogens (tertiary/aromatic N) is 4. The van der Waals surface area contributed by atoms with Gasteiger partial charge < -0.3 is 16.4 Å². The van der Waals surface area contributed by atoms with Gasteiger partial charge in [-0.25, -0.2) is 27.3 Å². The van der Waals surface area contributed by atoms with E-state index >= 15 is 0 Å². The molecule has 3 aromatic heterocycles. The predicted molar refractivity (Wildman–Crippen MR) is 162 cm³/mol. The molecule has 6 rings (SSSR count). The van der Waals surface area contributed by atoms with Crippen molar-refractivity contribution in [3.63, 3.8) is 0 Å². The maximum atomic E-state index is 13.1. The number of rotatable bonds is 8. The van der Waals surface area contributed by atoms with E-state index < -0.39 is 10.0 Å². The topological polar surface area (TPSA) is 145 Å². The van der Waals surface area contributed by atoms with Crippen molar-refractivity contribution in [3.05, 3.63) is 97.1 Å². The molecule has 1 aliphatic carbocycles. The number of aromatic nitrogens is 4. The number of nitrogens with one attached hydrogen (secondary N) is 2. The van der Waals surface area contributed by atoms with Crippen molar-refractivity contribution in [2.24, 2.45) is 5.73 Å². The van der Waals surface area contributed by atoms with Crippen LogP contribution in [0.15, 0.2) is 96.4 Å². The van der Waals surface area contributed by atoms with Crippen LogP contribution in [-0.2, 0) is 21.2 Å². The third kappa shape index (κ3) is 6.02. The van der Waals surface area contributed by atoms with E-state index in [0.717, 1.165) is 42.5 Å². The van der Waals surface area contributed by atoms with Gasteiger partial charge in [0.15, 0.2) is 5.65 Å². The first-order valence-electron chi connectivity index (χ1n) is 13.9. The summed E-state index contributed by atoms with van der Waals surface area (Å²) in [5.41, 5.74) is 9.35. The summed E-state index contributed by atoms with van der Waals surface area (Å²) in [6, 6.07) is 21.7. The zero-order chi connectivity index (χ0) is 29.1. The van der Waals surface area contributed by atoms with Gasteiger partial charge in [-0.1, -0.05) is 30.3 Å². The molecule has 1 fully saturated rings. The predicted octanol–water partition coefficient (Wildman–Crippen LogP) is 4.40. The molecule has 5 aromatic rings. The fourth-order valence-electron chi connectivity index (χ4n) is 5.26. The van der Waals surface area contributed by atoms with Crippen molar-refractivity contribution >= 4 is 38.5 Å². The van der Waals surface area contributed by atoms with Crippen LogP contribution in [0.1, 0.15) is 31.2 Å². The fraction of sp³-hybridized carbons (Fsp3) is 0.226. The lowest BCUT2D eigenvalue weighted by Crippen LogP contribution is -2.41. The van der Waals surface area contributed by atoms with Gasteiger partial charge in [0.05, 0.1) is 17.0 Å². The summed E-state index contributed by atoms with van der Waals surface area (Å²) in [4.78, 5) is 26.0. The molecule has 42 heavy (non-hydrogen) atoms. The first kappa shape index (κ1) is 27.6. The van der Waals surface area contributed by atoms with Gasteiger partial charge in [0.25, 0.3) is 10.0 Å². The normalized spacial score (nSPS) is 17.2. The summed E-state index contributed by atoms with van der Waals surface area (Å²) < 4.78 is 27.5. The van der Waals surface area contributed by atoms with E-state index in [9.17, 15) is 13.2 Å². The van der Waals surface area contributed by atoms with Gasteiger partial charge in [-0.15, -0.1) is 0 Å². The lowest BCUT2D eigenvalue weighted by molar-refractivity contribution is -0.121. The zero-order valence-electron chi connectivity index (χ0n) is 22.8. The second kappa shape index (κ2) is 11.7. The molecular formula is C31H31N7O3S.